The molecule has 1 spiro atoms. The molecule has 2 saturated carbocycles. The average molecular weight is 769 g/mol. The molecule has 3 heterocycles. The number of ketones is 1. The van der Waals surface area contributed by atoms with Gasteiger partial charge in [0, 0.05) is 30.3 Å². The average Bonchev–Trinajstić information content (AvgIpc) is 3.41. The Morgan fingerprint density at radius 3 is 2.30 bits per heavy atom. The zero-order chi connectivity index (χ0) is 40.0. The second-order valence-corrected chi connectivity index (χ2v) is 16.0. The van der Waals surface area contributed by atoms with Crippen LogP contribution >= 0.6 is 0 Å². The van der Waals surface area contributed by atoms with Gasteiger partial charge in [-0.05, 0) is 50.2 Å². The topological polar surface area (TPSA) is 271 Å². The molecule has 0 aromatic heterocycles. The standard InChI is InChI=1S/C36H48O18/c1-13(33(4,5)54-15(3)38)8-20(39)53-26-28-35-12-49-36(28,32(47)48-7)29(45)25(44)27(35)34(6)10-17(21(40)14(2)16(34)9-19(35)52-30(26)46)50-31-24(43)23(42)22(41)18(11-37)51-31/h8,10,14,16,18-19,22-29,31,37,41-45H,9,11-12H2,1-7H3/b13-8+/t14-,16-,18+,19+,22+,23-,24+,25+,26+,27+,28+,29?,31+,34-,35+,36?/m0/s1. The second-order valence-electron chi connectivity index (χ2n) is 16.0. The van der Waals surface area contributed by atoms with Crippen molar-refractivity contribution in [1.82, 2.24) is 0 Å². The lowest BCUT2D eigenvalue weighted by Gasteiger charge is -2.67. The Labute approximate surface area is 309 Å². The van der Waals surface area contributed by atoms with E-state index in [1.807, 2.05) is 0 Å². The van der Waals surface area contributed by atoms with Gasteiger partial charge in [0.25, 0.3) is 0 Å². The van der Waals surface area contributed by atoms with Crippen molar-refractivity contribution in [2.75, 3.05) is 20.3 Å². The van der Waals surface area contributed by atoms with Gasteiger partial charge in [0.15, 0.2) is 11.5 Å². The first-order valence-electron chi connectivity index (χ1n) is 17.8. The van der Waals surface area contributed by atoms with Crippen molar-refractivity contribution in [1.29, 1.82) is 0 Å². The minimum Gasteiger partial charge on any atom is -0.467 e. The number of aliphatic hydroxyl groups is 6. The first-order valence-corrected chi connectivity index (χ1v) is 17.8. The molecule has 2 unspecified atom stereocenters. The maximum atomic E-state index is 13.9. The van der Waals surface area contributed by atoms with E-state index in [9.17, 15) is 54.6 Å². The van der Waals surface area contributed by atoms with Crippen molar-refractivity contribution >= 4 is 29.7 Å². The molecule has 3 aliphatic heterocycles. The van der Waals surface area contributed by atoms with Crippen LogP contribution in [0.4, 0.5) is 0 Å². The summed E-state index contributed by atoms with van der Waals surface area (Å²) in [4.78, 5) is 66.7. The number of carbonyl (C=O) groups is 5. The molecule has 5 fully saturated rings. The molecule has 18 heteroatoms. The quantitative estimate of drug-likeness (QED) is 0.0881. The third-order valence-corrected chi connectivity index (χ3v) is 12.8. The highest BCUT2D eigenvalue weighted by atomic mass is 16.7. The number of hydrogen-bond acceptors (Lipinski definition) is 18. The molecule has 6 aliphatic rings. The Hall–Kier alpha value is -3.49. The van der Waals surface area contributed by atoms with Crippen LogP contribution in [0.25, 0.3) is 0 Å². The summed E-state index contributed by atoms with van der Waals surface area (Å²) in [5.74, 6) is -9.12. The summed E-state index contributed by atoms with van der Waals surface area (Å²) in [6.45, 7) is 7.89. The number of fused-ring (bicyclic) bond motifs is 2. The van der Waals surface area contributed by atoms with E-state index in [4.69, 9.17) is 33.2 Å². The zero-order valence-electron chi connectivity index (χ0n) is 30.9. The largest absolute Gasteiger partial charge is 0.467 e. The number of esters is 4. The number of allylic oxidation sites excluding steroid dienone is 2. The van der Waals surface area contributed by atoms with Gasteiger partial charge in [-0.1, -0.05) is 13.8 Å². The van der Waals surface area contributed by atoms with Crippen molar-refractivity contribution in [3.63, 3.8) is 0 Å². The maximum Gasteiger partial charge on any atom is 0.348 e. The summed E-state index contributed by atoms with van der Waals surface area (Å²) >= 11 is 0. The highest BCUT2D eigenvalue weighted by Crippen LogP contribution is 2.72. The monoisotopic (exact) mass is 768 g/mol. The predicted octanol–water partition coefficient (Wildman–Crippen LogP) is -2.05. The smallest absolute Gasteiger partial charge is 0.348 e. The number of hydrogen-bond donors (Lipinski definition) is 6. The van der Waals surface area contributed by atoms with Gasteiger partial charge < -0.3 is 63.8 Å². The minimum absolute atomic E-state index is 0.00828. The van der Waals surface area contributed by atoms with Gasteiger partial charge in [-0.3, -0.25) is 9.59 Å². The van der Waals surface area contributed by atoms with Gasteiger partial charge in [0.1, 0.15) is 42.2 Å². The third kappa shape index (κ3) is 5.63. The van der Waals surface area contributed by atoms with Crippen LogP contribution in [0.1, 0.15) is 48.0 Å². The molecule has 6 N–H and O–H groups in total. The molecular weight excluding hydrogens is 720 g/mol. The summed E-state index contributed by atoms with van der Waals surface area (Å²) in [7, 11) is 1.03. The fourth-order valence-corrected chi connectivity index (χ4v) is 10.1. The van der Waals surface area contributed by atoms with Crippen LogP contribution in [0, 0.1) is 34.5 Å². The molecule has 54 heavy (non-hydrogen) atoms. The lowest BCUT2D eigenvalue weighted by molar-refractivity contribution is -0.296. The van der Waals surface area contributed by atoms with Gasteiger partial charge in [-0.25, -0.2) is 14.4 Å². The van der Waals surface area contributed by atoms with Gasteiger partial charge >= 0.3 is 23.9 Å². The Bertz CT molecular complexity index is 1650. The van der Waals surface area contributed by atoms with E-state index >= 15 is 0 Å². The Balaban J connectivity index is 1.45. The van der Waals surface area contributed by atoms with E-state index in [2.05, 4.69) is 0 Å². The van der Waals surface area contributed by atoms with Crippen molar-refractivity contribution < 1.29 is 87.8 Å². The highest BCUT2D eigenvalue weighted by Gasteiger charge is 2.85. The van der Waals surface area contributed by atoms with E-state index < -0.39 is 144 Å². The van der Waals surface area contributed by atoms with Crippen LogP contribution in [0.2, 0.25) is 0 Å². The van der Waals surface area contributed by atoms with E-state index in [-0.39, 0.29) is 17.8 Å². The SMILES string of the molecule is COC(=O)C12OC[C@]34[C@H]([C@@H](O)C1O)[C@@]1(C)C=C(O[C@@H]5O[C@H](CO)[C@@H](O)[C@H](O)[C@H]5O)C(=O)[C@@H](C)[C@@H]1C[C@H]3OC(=O)[C@H](OC(=O)/C=C(\C)C(C)(C)OC(C)=O)[C@@H]24. The van der Waals surface area contributed by atoms with E-state index in [0.29, 0.717) is 0 Å². The fourth-order valence-electron chi connectivity index (χ4n) is 10.1. The number of aliphatic hydroxyl groups excluding tert-OH is 6. The van der Waals surface area contributed by atoms with Crippen molar-refractivity contribution in [3.05, 3.63) is 23.5 Å². The molecule has 2 bridgehead atoms. The summed E-state index contributed by atoms with van der Waals surface area (Å²) in [6, 6.07) is 0. The van der Waals surface area contributed by atoms with Crippen LogP contribution in [0.15, 0.2) is 23.5 Å². The summed E-state index contributed by atoms with van der Waals surface area (Å²) in [5, 5.41) is 65.1. The lowest BCUT2D eigenvalue weighted by atomic mass is 9.38. The fraction of sp³-hybridized carbons (Fsp3) is 0.750. The molecule has 0 aromatic rings. The molecule has 0 amide bonds. The molecule has 300 valence electrons. The first kappa shape index (κ1) is 40.2. The predicted molar refractivity (Wildman–Crippen MR) is 175 cm³/mol. The van der Waals surface area contributed by atoms with E-state index in [0.717, 1.165) is 13.2 Å². The van der Waals surface area contributed by atoms with Crippen molar-refractivity contribution in [2.24, 2.45) is 34.5 Å². The van der Waals surface area contributed by atoms with Crippen LogP contribution in [0.3, 0.4) is 0 Å². The lowest BCUT2D eigenvalue weighted by Crippen LogP contribution is -2.79. The molecule has 16 atom stereocenters. The first-order chi connectivity index (χ1) is 25.1. The molecule has 0 radical (unpaired) electrons. The normalized spacial score (nSPS) is 45.6. The molecule has 18 nitrogen and oxygen atoms in total. The zero-order valence-corrected chi connectivity index (χ0v) is 30.9. The van der Waals surface area contributed by atoms with E-state index in [1.165, 1.54) is 33.8 Å². The van der Waals surface area contributed by atoms with Gasteiger partial charge in [-0.15, -0.1) is 0 Å². The third-order valence-electron chi connectivity index (χ3n) is 12.8. The number of carbonyl (C=O) groups excluding carboxylic acids is 5. The summed E-state index contributed by atoms with van der Waals surface area (Å²) in [6.07, 6.45) is -12.9. The van der Waals surface area contributed by atoms with Crippen LogP contribution < -0.4 is 0 Å². The maximum absolute atomic E-state index is 13.9. The number of ether oxygens (including phenoxy) is 7. The summed E-state index contributed by atoms with van der Waals surface area (Å²) in [5.41, 5.74) is -6.34. The minimum atomic E-state index is -2.43. The Kier molecular flexibility index (Phi) is 10.1. The van der Waals surface area contributed by atoms with Crippen LogP contribution in [0.5, 0.6) is 0 Å². The number of rotatable bonds is 8. The molecular formula is C36H48O18. The molecule has 0 aromatic carbocycles. The van der Waals surface area contributed by atoms with Gasteiger partial charge in [0.05, 0.1) is 32.3 Å². The van der Waals surface area contributed by atoms with Crippen LogP contribution in [-0.4, -0.2) is 147 Å². The Morgan fingerprint density at radius 2 is 1.69 bits per heavy atom. The van der Waals surface area contributed by atoms with Crippen molar-refractivity contribution in [3.8, 4) is 0 Å². The Morgan fingerprint density at radius 1 is 1.02 bits per heavy atom. The highest BCUT2D eigenvalue weighted by molar-refractivity contribution is 5.97. The number of Topliss-reactive ketones (excluding diaryl/α,β-unsaturated/α-hetero) is 1. The number of methoxy groups -OCH3 is 1. The summed E-state index contributed by atoms with van der Waals surface area (Å²) < 4.78 is 39.7. The second kappa shape index (κ2) is 13.6. The molecule has 6 rings (SSSR count). The van der Waals surface area contributed by atoms with Gasteiger partial charge in [-0.2, -0.15) is 0 Å². The van der Waals surface area contributed by atoms with Crippen molar-refractivity contribution in [2.45, 2.75) is 114 Å². The molecule has 3 saturated heterocycles. The van der Waals surface area contributed by atoms with Crippen LogP contribution in [-0.2, 0) is 57.1 Å². The molecule has 3 aliphatic carbocycles. The van der Waals surface area contributed by atoms with E-state index in [1.54, 1.807) is 13.8 Å². The van der Waals surface area contributed by atoms with Gasteiger partial charge in [0.2, 0.25) is 18.0 Å².